The number of anilines is 3. The van der Waals surface area contributed by atoms with Gasteiger partial charge in [0.05, 0.1) is 22.4 Å². The molecule has 0 aromatic heterocycles. The van der Waals surface area contributed by atoms with E-state index in [9.17, 15) is 31.1 Å². The van der Waals surface area contributed by atoms with Crippen LogP contribution in [0.4, 0.5) is 43.4 Å². The fourth-order valence-corrected chi connectivity index (χ4v) is 2.69. The van der Waals surface area contributed by atoms with Crippen LogP contribution in [0.3, 0.4) is 0 Å². The van der Waals surface area contributed by atoms with Gasteiger partial charge in [-0.2, -0.15) is 26.3 Å². The normalized spacial score (nSPS) is 11.8. The van der Waals surface area contributed by atoms with Crippen molar-refractivity contribution in [2.24, 2.45) is 0 Å². The summed E-state index contributed by atoms with van der Waals surface area (Å²) in [6.07, 6.45) is -9.10. The highest BCUT2D eigenvalue weighted by molar-refractivity contribution is 6.08. The molecule has 0 saturated carbocycles. The van der Waals surface area contributed by atoms with Crippen LogP contribution in [0.15, 0.2) is 72.8 Å². The molecule has 30 heavy (non-hydrogen) atoms. The Kier molecular flexibility index (Phi) is 5.73. The molecule has 0 heterocycles. The van der Waals surface area contributed by atoms with Crippen molar-refractivity contribution in [2.45, 2.75) is 12.4 Å². The quantitative estimate of drug-likeness (QED) is 0.457. The number of hydrogen-bond donors (Lipinski definition) is 2. The Morgan fingerprint density at radius 1 is 0.667 bits per heavy atom. The summed E-state index contributed by atoms with van der Waals surface area (Å²) >= 11 is 0. The smallest absolute Gasteiger partial charge is 0.355 e. The minimum Gasteiger partial charge on any atom is -0.355 e. The molecular weight excluding hydrogens is 410 g/mol. The van der Waals surface area contributed by atoms with Crippen molar-refractivity contribution in [3.8, 4) is 0 Å². The maximum Gasteiger partial charge on any atom is 0.416 e. The molecule has 3 rings (SSSR count). The van der Waals surface area contributed by atoms with Crippen molar-refractivity contribution >= 4 is 23.0 Å². The standard InChI is InChI=1S/C21H14F6N2O/c22-20(23,24)13-5-3-7-15(11-13)28-18-10-2-1-9-17(18)19(30)29-16-8-4-6-14(12-16)21(25,26)27/h1-12,28H,(H,29,30). The van der Waals surface area contributed by atoms with Gasteiger partial charge in [-0.1, -0.05) is 24.3 Å². The SMILES string of the molecule is O=C(Nc1cccc(C(F)(F)F)c1)c1ccccc1Nc1cccc(C(F)(F)F)c1. The van der Waals surface area contributed by atoms with Crippen molar-refractivity contribution in [3.05, 3.63) is 89.5 Å². The third-order valence-corrected chi connectivity index (χ3v) is 4.09. The first-order valence-electron chi connectivity index (χ1n) is 8.56. The summed E-state index contributed by atoms with van der Waals surface area (Å²) in [4.78, 5) is 12.6. The molecule has 0 unspecified atom stereocenters. The number of halogens is 6. The molecule has 3 nitrogen and oxygen atoms in total. The second-order valence-electron chi connectivity index (χ2n) is 6.28. The van der Waals surface area contributed by atoms with Gasteiger partial charge in [-0.05, 0) is 48.5 Å². The average molecular weight is 424 g/mol. The molecule has 3 aromatic rings. The number of nitrogens with one attached hydrogen (secondary N) is 2. The maximum atomic E-state index is 12.9. The average Bonchev–Trinajstić information content (AvgIpc) is 2.67. The van der Waals surface area contributed by atoms with Gasteiger partial charge in [-0.3, -0.25) is 4.79 Å². The Morgan fingerprint density at radius 2 is 1.20 bits per heavy atom. The molecule has 0 spiro atoms. The van der Waals surface area contributed by atoms with Gasteiger partial charge < -0.3 is 10.6 Å². The summed E-state index contributed by atoms with van der Waals surface area (Å²) < 4.78 is 77.2. The van der Waals surface area contributed by atoms with Crippen LogP contribution in [-0.4, -0.2) is 5.91 Å². The number of carbonyl (C=O) groups is 1. The second kappa shape index (κ2) is 8.10. The molecule has 0 aliphatic carbocycles. The zero-order valence-corrected chi connectivity index (χ0v) is 15.1. The molecular formula is C21H14F6N2O. The fourth-order valence-electron chi connectivity index (χ4n) is 2.69. The molecule has 0 atom stereocenters. The predicted molar refractivity (Wildman–Crippen MR) is 101 cm³/mol. The van der Waals surface area contributed by atoms with Crippen LogP contribution < -0.4 is 10.6 Å². The lowest BCUT2D eigenvalue weighted by molar-refractivity contribution is -0.138. The number of amides is 1. The van der Waals surface area contributed by atoms with Gasteiger partial charge in [-0.15, -0.1) is 0 Å². The molecule has 0 saturated heterocycles. The van der Waals surface area contributed by atoms with Crippen LogP contribution in [0.5, 0.6) is 0 Å². The lowest BCUT2D eigenvalue weighted by Crippen LogP contribution is -2.15. The zero-order chi connectivity index (χ0) is 21.9. The Labute approximate surface area is 167 Å². The van der Waals surface area contributed by atoms with E-state index in [0.29, 0.717) is 0 Å². The van der Waals surface area contributed by atoms with Crippen molar-refractivity contribution < 1.29 is 31.1 Å². The van der Waals surface area contributed by atoms with Crippen molar-refractivity contribution in [1.82, 2.24) is 0 Å². The molecule has 0 fully saturated rings. The number of hydrogen-bond acceptors (Lipinski definition) is 2. The third-order valence-electron chi connectivity index (χ3n) is 4.09. The first kappa shape index (κ1) is 21.2. The highest BCUT2D eigenvalue weighted by Gasteiger charge is 2.31. The van der Waals surface area contributed by atoms with Crippen LogP contribution in [-0.2, 0) is 12.4 Å². The monoisotopic (exact) mass is 424 g/mol. The van der Waals surface area contributed by atoms with Gasteiger partial charge in [0.2, 0.25) is 0 Å². The third kappa shape index (κ3) is 5.11. The van der Waals surface area contributed by atoms with Gasteiger partial charge >= 0.3 is 12.4 Å². The Balaban J connectivity index is 1.85. The molecule has 0 radical (unpaired) electrons. The Morgan fingerprint density at radius 3 is 1.80 bits per heavy atom. The fraction of sp³-hybridized carbons (Fsp3) is 0.0952. The summed E-state index contributed by atoms with van der Waals surface area (Å²) in [5.41, 5.74) is -1.50. The van der Waals surface area contributed by atoms with E-state index in [-0.39, 0.29) is 22.6 Å². The number of rotatable bonds is 4. The number of alkyl halides is 6. The molecule has 1 amide bonds. The molecule has 0 aliphatic rings. The molecule has 0 bridgehead atoms. The van der Waals surface area contributed by atoms with Crippen LogP contribution in [0.25, 0.3) is 0 Å². The van der Waals surface area contributed by atoms with E-state index in [1.54, 1.807) is 6.07 Å². The molecule has 2 N–H and O–H groups in total. The van der Waals surface area contributed by atoms with E-state index in [1.165, 1.54) is 36.4 Å². The predicted octanol–water partition coefficient (Wildman–Crippen LogP) is 6.72. The molecule has 9 heteroatoms. The number of para-hydroxylation sites is 1. The van der Waals surface area contributed by atoms with Gasteiger partial charge in [0.15, 0.2) is 0 Å². The van der Waals surface area contributed by atoms with E-state index in [4.69, 9.17) is 0 Å². The van der Waals surface area contributed by atoms with Gasteiger partial charge in [-0.25, -0.2) is 0 Å². The van der Waals surface area contributed by atoms with Crippen molar-refractivity contribution in [1.29, 1.82) is 0 Å². The lowest BCUT2D eigenvalue weighted by atomic mass is 10.1. The summed E-state index contributed by atoms with van der Waals surface area (Å²) in [7, 11) is 0. The molecule has 156 valence electrons. The van der Waals surface area contributed by atoms with Crippen LogP contribution in [0.1, 0.15) is 21.5 Å². The zero-order valence-electron chi connectivity index (χ0n) is 15.1. The Bertz CT molecular complexity index is 1060. The minimum atomic E-state index is -4.57. The molecule has 3 aromatic carbocycles. The maximum absolute atomic E-state index is 12.9. The first-order valence-corrected chi connectivity index (χ1v) is 8.56. The van der Waals surface area contributed by atoms with Gasteiger partial charge in [0.25, 0.3) is 5.91 Å². The minimum absolute atomic E-state index is 0.0484. The molecule has 0 aliphatic heterocycles. The number of carbonyl (C=O) groups excluding carboxylic acids is 1. The van der Waals surface area contributed by atoms with E-state index in [2.05, 4.69) is 10.6 Å². The first-order chi connectivity index (χ1) is 14.0. The van der Waals surface area contributed by atoms with Crippen LogP contribution in [0.2, 0.25) is 0 Å². The summed E-state index contributed by atoms with van der Waals surface area (Å²) in [5.74, 6) is -0.718. The van der Waals surface area contributed by atoms with Gasteiger partial charge in [0, 0.05) is 11.4 Å². The van der Waals surface area contributed by atoms with E-state index in [1.807, 2.05) is 0 Å². The summed E-state index contributed by atoms with van der Waals surface area (Å²) in [6, 6.07) is 14.5. The van der Waals surface area contributed by atoms with Crippen molar-refractivity contribution in [2.75, 3.05) is 10.6 Å². The van der Waals surface area contributed by atoms with Crippen molar-refractivity contribution in [3.63, 3.8) is 0 Å². The van der Waals surface area contributed by atoms with E-state index >= 15 is 0 Å². The van der Waals surface area contributed by atoms with Gasteiger partial charge in [0.1, 0.15) is 0 Å². The largest absolute Gasteiger partial charge is 0.416 e. The lowest BCUT2D eigenvalue weighted by Gasteiger charge is -2.14. The van der Waals surface area contributed by atoms with E-state index < -0.39 is 29.4 Å². The topological polar surface area (TPSA) is 41.1 Å². The highest BCUT2D eigenvalue weighted by atomic mass is 19.4. The van der Waals surface area contributed by atoms with Crippen LogP contribution in [0, 0.1) is 0 Å². The Hall–Kier alpha value is -3.49. The highest BCUT2D eigenvalue weighted by Crippen LogP contribution is 2.33. The van der Waals surface area contributed by atoms with Crippen LogP contribution >= 0.6 is 0 Å². The second-order valence-corrected chi connectivity index (χ2v) is 6.28. The summed E-state index contributed by atoms with van der Waals surface area (Å²) in [5, 5.41) is 5.12. The summed E-state index contributed by atoms with van der Waals surface area (Å²) in [6.45, 7) is 0. The van der Waals surface area contributed by atoms with E-state index in [0.717, 1.165) is 30.3 Å². The number of benzene rings is 3.